The number of benzene rings is 2. The quantitative estimate of drug-likeness (QED) is 0.641. The standard InChI is InChI=1S/C20H22FN3O3/c1-22(13-14-27-16-9-7-15(21)8-10-16)19(25)11-12-24-18-6-4-3-5-17(18)23(2)20(24)26/h3-10H,11-14H2,1-2H3. The van der Waals surface area contributed by atoms with E-state index >= 15 is 0 Å². The second kappa shape index (κ2) is 8.07. The lowest BCUT2D eigenvalue weighted by Crippen LogP contribution is -2.32. The molecule has 0 saturated heterocycles. The molecule has 3 aromatic rings. The van der Waals surface area contributed by atoms with Crippen molar-refractivity contribution < 1.29 is 13.9 Å². The first-order valence-corrected chi connectivity index (χ1v) is 8.74. The number of carbonyl (C=O) groups is 1. The molecule has 1 amide bonds. The maximum absolute atomic E-state index is 12.9. The highest BCUT2D eigenvalue weighted by atomic mass is 19.1. The Morgan fingerprint density at radius 3 is 2.48 bits per heavy atom. The van der Waals surface area contributed by atoms with Gasteiger partial charge in [0, 0.05) is 27.1 Å². The number of likely N-dealkylation sites (N-methyl/N-ethyl adjacent to an activating group) is 1. The SMILES string of the molecule is CN(CCOc1ccc(F)cc1)C(=O)CCn1c(=O)n(C)c2ccccc21. The van der Waals surface area contributed by atoms with Gasteiger partial charge in [-0.3, -0.25) is 13.9 Å². The molecule has 2 aromatic carbocycles. The first-order chi connectivity index (χ1) is 13.0. The fourth-order valence-electron chi connectivity index (χ4n) is 2.93. The number of aryl methyl sites for hydroxylation is 2. The van der Waals surface area contributed by atoms with Gasteiger partial charge in [0.15, 0.2) is 0 Å². The van der Waals surface area contributed by atoms with Crippen LogP contribution >= 0.6 is 0 Å². The van der Waals surface area contributed by atoms with E-state index in [0.717, 1.165) is 11.0 Å². The Labute approximate surface area is 156 Å². The minimum Gasteiger partial charge on any atom is -0.492 e. The maximum atomic E-state index is 12.9. The molecule has 0 fully saturated rings. The molecule has 7 heteroatoms. The lowest BCUT2D eigenvalue weighted by Gasteiger charge is -2.17. The predicted molar refractivity (Wildman–Crippen MR) is 101 cm³/mol. The van der Waals surface area contributed by atoms with Gasteiger partial charge in [-0.25, -0.2) is 9.18 Å². The highest BCUT2D eigenvalue weighted by Gasteiger charge is 2.13. The van der Waals surface area contributed by atoms with Gasteiger partial charge in [0.2, 0.25) is 5.91 Å². The Morgan fingerprint density at radius 1 is 1.11 bits per heavy atom. The molecular weight excluding hydrogens is 349 g/mol. The van der Waals surface area contributed by atoms with Crippen molar-refractivity contribution in [2.24, 2.45) is 7.05 Å². The van der Waals surface area contributed by atoms with E-state index in [2.05, 4.69) is 0 Å². The van der Waals surface area contributed by atoms with Crippen LogP contribution in [0.2, 0.25) is 0 Å². The zero-order chi connectivity index (χ0) is 19.4. The summed E-state index contributed by atoms with van der Waals surface area (Å²) in [5.74, 6) is 0.162. The molecular formula is C20H22FN3O3. The number of amides is 1. The molecule has 0 N–H and O–H groups in total. The monoisotopic (exact) mass is 371 g/mol. The molecule has 0 spiro atoms. The van der Waals surface area contributed by atoms with Crippen LogP contribution < -0.4 is 10.4 Å². The molecule has 6 nitrogen and oxygen atoms in total. The Bertz CT molecular complexity index is 992. The molecule has 142 valence electrons. The second-order valence-electron chi connectivity index (χ2n) is 6.35. The van der Waals surface area contributed by atoms with Crippen LogP contribution in [0, 0.1) is 5.82 Å². The van der Waals surface area contributed by atoms with Crippen molar-refractivity contribution in [3.05, 3.63) is 64.8 Å². The lowest BCUT2D eigenvalue weighted by molar-refractivity contribution is -0.130. The number of imidazole rings is 1. The van der Waals surface area contributed by atoms with Gasteiger partial charge in [-0.05, 0) is 36.4 Å². The average Bonchev–Trinajstić information content (AvgIpc) is 2.92. The third-order valence-corrected chi connectivity index (χ3v) is 4.54. The van der Waals surface area contributed by atoms with Crippen molar-refractivity contribution in [2.75, 3.05) is 20.2 Å². The lowest BCUT2D eigenvalue weighted by atomic mass is 10.3. The van der Waals surface area contributed by atoms with Gasteiger partial charge in [-0.1, -0.05) is 12.1 Å². The molecule has 0 aliphatic heterocycles. The molecule has 0 saturated carbocycles. The van der Waals surface area contributed by atoms with E-state index < -0.39 is 0 Å². The van der Waals surface area contributed by atoms with Crippen LogP contribution in [0.25, 0.3) is 11.0 Å². The molecule has 1 heterocycles. The van der Waals surface area contributed by atoms with E-state index in [1.165, 1.54) is 12.1 Å². The summed E-state index contributed by atoms with van der Waals surface area (Å²) in [5, 5.41) is 0. The van der Waals surface area contributed by atoms with Crippen molar-refractivity contribution in [1.82, 2.24) is 14.0 Å². The first kappa shape index (κ1) is 18.7. The van der Waals surface area contributed by atoms with Crippen molar-refractivity contribution >= 4 is 16.9 Å². The Kier molecular flexibility index (Phi) is 5.59. The summed E-state index contributed by atoms with van der Waals surface area (Å²) in [6, 6.07) is 13.3. The number of halogens is 1. The summed E-state index contributed by atoms with van der Waals surface area (Å²) in [4.78, 5) is 26.3. The zero-order valence-corrected chi connectivity index (χ0v) is 15.4. The van der Waals surface area contributed by atoms with Gasteiger partial charge in [0.1, 0.15) is 18.2 Å². The molecule has 27 heavy (non-hydrogen) atoms. The molecule has 3 rings (SSSR count). The molecule has 0 unspecified atom stereocenters. The van der Waals surface area contributed by atoms with E-state index in [4.69, 9.17) is 4.74 Å². The summed E-state index contributed by atoms with van der Waals surface area (Å²) in [6.45, 7) is 1.03. The fraction of sp³-hybridized carbons (Fsp3) is 0.300. The van der Waals surface area contributed by atoms with Crippen LogP contribution in [0.1, 0.15) is 6.42 Å². The van der Waals surface area contributed by atoms with E-state index in [9.17, 15) is 14.0 Å². The van der Waals surface area contributed by atoms with Crippen molar-refractivity contribution in [3.63, 3.8) is 0 Å². The van der Waals surface area contributed by atoms with Crippen molar-refractivity contribution in [2.45, 2.75) is 13.0 Å². The van der Waals surface area contributed by atoms with Gasteiger partial charge < -0.3 is 9.64 Å². The highest BCUT2D eigenvalue weighted by Crippen LogP contribution is 2.13. The molecule has 1 aromatic heterocycles. The smallest absolute Gasteiger partial charge is 0.328 e. The van der Waals surface area contributed by atoms with Gasteiger partial charge in [0.25, 0.3) is 0 Å². The van der Waals surface area contributed by atoms with Crippen LogP contribution in [-0.4, -0.2) is 40.1 Å². The highest BCUT2D eigenvalue weighted by molar-refractivity contribution is 5.77. The van der Waals surface area contributed by atoms with E-state index in [1.54, 1.807) is 40.3 Å². The third-order valence-electron chi connectivity index (χ3n) is 4.54. The minimum absolute atomic E-state index is 0.0717. The Balaban J connectivity index is 1.54. The Hall–Kier alpha value is -3.09. The van der Waals surface area contributed by atoms with Gasteiger partial charge in [-0.2, -0.15) is 0 Å². The molecule has 0 atom stereocenters. The van der Waals surface area contributed by atoms with E-state index in [-0.39, 0.29) is 23.8 Å². The third kappa shape index (κ3) is 4.19. The normalized spacial score (nSPS) is 10.9. The fourth-order valence-corrected chi connectivity index (χ4v) is 2.93. The number of hydrogen-bond acceptors (Lipinski definition) is 3. The van der Waals surface area contributed by atoms with Crippen molar-refractivity contribution in [1.29, 1.82) is 0 Å². The summed E-state index contributed by atoms with van der Waals surface area (Å²) in [6.07, 6.45) is 0.223. The van der Waals surface area contributed by atoms with Gasteiger partial charge >= 0.3 is 5.69 Å². The summed E-state index contributed by atoms with van der Waals surface area (Å²) in [5.41, 5.74) is 1.53. The van der Waals surface area contributed by atoms with E-state index in [0.29, 0.717) is 25.4 Å². The van der Waals surface area contributed by atoms with Gasteiger partial charge in [0.05, 0.1) is 17.6 Å². The summed E-state index contributed by atoms with van der Waals surface area (Å²) < 4.78 is 21.6. The van der Waals surface area contributed by atoms with Crippen LogP contribution in [0.5, 0.6) is 5.75 Å². The number of rotatable bonds is 7. The molecule has 0 bridgehead atoms. The number of aromatic nitrogens is 2. The molecule has 0 aliphatic carbocycles. The largest absolute Gasteiger partial charge is 0.492 e. The topological polar surface area (TPSA) is 56.5 Å². The van der Waals surface area contributed by atoms with Crippen LogP contribution in [0.15, 0.2) is 53.3 Å². The van der Waals surface area contributed by atoms with E-state index in [1.807, 2.05) is 24.3 Å². The molecule has 0 aliphatic rings. The zero-order valence-electron chi connectivity index (χ0n) is 15.4. The number of fused-ring (bicyclic) bond motifs is 1. The molecule has 0 radical (unpaired) electrons. The number of carbonyl (C=O) groups excluding carboxylic acids is 1. The van der Waals surface area contributed by atoms with Crippen LogP contribution in [0.4, 0.5) is 4.39 Å². The summed E-state index contributed by atoms with van der Waals surface area (Å²) >= 11 is 0. The predicted octanol–water partition coefficient (Wildman–Crippen LogP) is 2.41. The first-order valence-electron chi connectivity index (χ1n) is 8.74. The Morgan fingerprint density at radius 2 is 1.78 bits per heavy atom. The average molecular weight is 371 g/mol. The summed E-state index contributed by atoms with van der Waals surface area (Å²) in [7, 11) is 3.42. The maximum Gasteiger partial charge on any atom is 0.328 e. The number of para-hydroxylation sites is 2. The van der Waals surface area contributed by atoms with Crippen LogP contribution in [-0.2, 0) is 18.4 Å². The second-order valence-corrected chi connectivity index (χ2v) is 6.35. The van der Waals surface area contributed by atoms with Gasteiger partial charge in [-0.15, -0.1) is 0 Å². The number of ether oxygens (including phenoxy) is 1. The van der Waals surface area contributed by atoms with Crippen molar-refractivity contribution in [3.8, 4) is 5.75 Å². The van der Waals surface area contributed by atoms with Crippen LogP contribution in [0.3, 0.4) is 0 Å². The number of hydrogen-bond donors (Lipinski definition) is 0. The minimum atomic E-state index is -0.321. The number of nitrogens with zero attached hydrogens (tertiary/aromatic N) is 3.